The van der Waals surface area contributed by atoms with Gasteiger partial charge in [0.1, 0.15) is 15.9 Å². The van der Waals surface area contributed by atoms with Gasteiger partial charge in [-0.3, -0.25) is 9.59 Å². The van der Waals surface area contributed by atoms with Gasteiger partial charge in [-0.1, -0.05) is 24.3 Å². The van der Waals surface area contributed by atoms with Crippen LogP contribution in [0.4, 0.5) is 0 Å². The molecule has 30 heavy (non-hydrogen) atoms. The first-order valence-corrected chi connectivity index (χ1v) is 11.4. The summed E-state index contributed by atoms with van der Waals surface area (Å²) in [5, 5.41) is 0. The van der Waals surface area contributed by atoms with E-state index in [-0.39, 0.29) is 5.75 Å². The van der Waals surface area contributed by atoms with Crippen LogP contribution in [0, 0.1) is 0 Å². The summed E-state index contributed by atoms with van der Waals surface area (Å²) in [6, 6.07) is 9.56. The minimum absolute atomic E-state index is 0.332. The number of methoxy groups -OCH3 is 1. The van der Waals surface area contributed by atoms with E-state index < -0.39 is 33.7 Å². The number of carbonyl (C=O) groups excluding carboxylic acids is 2. The third kappa shape index (κ3) is 4.11. The van der Waals surface area contributed by atoms with Crippen LogP contribution in [0.2, 0.25) is 0 Å². The lowest BCUT2D eigenvalue weighted by Gasteiger charge is -2.32. The summed E-state index contributed by atoms with van der Waals surface area (Å²) in [6.07, 6.45) is 1.08. The number of amides is 2. The summed E-state index contributed by atoms with van der Waals surface area (Å²) in [5.41, 5.74) is 6.94. The minimum Gasteiger partial charge on any atom is -0.493 e. The van der Waals surface area contributed by atoms with Crippen molar-refractivity contribution in [3.63, 3.8) is 0 Å². The molecule has 2 amide bonds. The highest BCUT2D eigenvalue weighted by molar-refractivity contribution is 7.90. The van der Waals surface area contributed by atoms with Crippen LogP contribution in [-0.2, 0) is 14.6 Å². The molecule has 160 valence electrons. The molecule has 2 atom stereocenters. The van der Waals surface area contributed by atoms with Gasteiger partial charge in [0.15, 0.2) is 11.5 Å². The first kappa shape index (κ1) is 21.6. The van der Waals surface area contributed by atoms with Crippen LogP contribution in [-0.4, -0.2) is 50.9 Å². The van der Waals surface area contributed by atoms with Crippen molar-refractivity contribution in [2.45, 2.75) is 19.0 Å². The van der Waals surface area contributed by atoms with Crippen LogP contribution in [0.5, 0.6) is 11.5 Å². The van der Waals surface area contributed by atoms with Crippen molar-refractivity contribution < 1.29 is 27.5 Å². The Kier molecular flexibility index (Phi) is 6.02. The molecule has 9 heteroatoms. The standard InChI is InChI=1S/C21H24N2O6S/c1-4-29-18-11-13(9-10-17(18)28-2)16(12-30(3,26)27)23-19(20(22)24)14-7-5-6-8-15(14)21(23)25/h5-11,16,19H,4,12H2,1-3H3,(H2,22,24)/t16-,19?/m0/s1. The average Bonchev–Trinajstić information content (AvgIpc) is 2.98. The molecule has 2 N–H and O–H groups in total. The Labute approximate surface area is 175 Å². The molecule has 1 heterocycles. The Morgan fingerprint density at radius 2 is 1.90 bits per heavy atom. The van der Waals surface area contributed by atoms with Crippen molar-refractivity contribution in [3.8, 4) is 11.5 Å². The fourth-order valence-corrected chi connectivity index (χ4v) is 4.67. The van der Waals surface area contributed by atoms with Gasteiger partial charge in [-0.05, 0) is 36.2 Å². The van der Waals surface area contributed by atoms with Gasteiger partial charge in [-0.15, -0.1) is 0 Å². The fraction of sp³-hybridized carbons (Fsp3) is 0.333. The van der Waals surface area contributed by atoms with Gasteiger partial charge in [-0.25, -0.2) is 8.42 Å². The molecule has 1 aliphatic rings. The fourth-order valence-electron chi connectivity index (χ4n) is 3.74. The van der Waals surface area contributed by atoms with Gasteiger partial charge >= 0.3 is 0 Å². The largest absolute Gasteiger partial charge is 0.493 e. The second kappa shape index (κ2) is 8.35. The average molecular weight is 432 g/mol. The number of sulfone groups is 1. The quantitative estimate of drug-likeness (QED) is 0.681. The zero-order valence-electron chi connectivity index (χ0n) is 17.0. The molecule has 3 rings (SSSR count). The highest BCUT2D eigenvalue weighted by Gasteiger charge is 2.45. The van der Waals surface area contributed by atoms with E-state index in [0.29, 0.717) is 34.8 Å². The molecule has 2 aromatic carbocycles. The first-order chi connectivity index (χ1) is 14.2. The zero-order chi connectivity index (χ0) is 22.1. The lowest BCUT2D eigenvalue weighted by atomic mass is 10.0. The lowest BCUT2D eigenvalue weighted by molar-refractivity contribution is -0.123. The van der Waals surface area contributed by atoms with E-state index in [1.165, 1.54) is 12.0 Å². The molecule has 0 bridgehead atoms. The number of carbonyl (C=O) groups is 2. The van der Waals surface area contributed by atoms with Crippen molar-refractivity contribution >= 4 is 21.7 Å². The normalized spacial score (nSPS) is 16.8. The Hall–Kier alpha value is -3.07. The Bertz CT molecular complexity index is 1080. The summed E-state index contributed by atoms with van der Waals surface area (Å²) >= 11 is 0. The smallest absolute Gasteiger partial charge is 0.255 e. The Morgan fingerprint density at radius 3 is 2.50 bits per heavy atom. The molecule has 8 nitrogen and oxygen atoms in total. The molecule has 0 aliphatic carbocycles. The second-order valence-corrected chi connectivity index (χ2v) is 9.24. The van der Waals surface area contributed by atoms with Crippen molar-refractivity contribution in [2.75, 3.05) is 25.7 Å². The number of hydrogen-bond donors (Lipinski definition) is 1. The Morgan fingerprint density at radius 1 is 1.20 bits per heavy atom. The predicted molar refractivity (Wildman–Crippen MR) is 111 cm³/mol. The summed E-state index contributed by atoms with van der Waals surface area (Å²) in [6.45, 7) is 2.18. The SMILES string of the molecule is CCOc1cc([C@H](CS(C)(=O)=O)N2C(=O)c3ccccc3C2C(N)=O)ccc1OC. The molecule has 0 saturated heterocycles. The summed E-state index contributed by atoms with van der Waals surface area (Å²) in [7, 11) is -2.03. The number of primary amides is 1. The van der Waals surface area contributed by atoms with E-state index in [0.717, 1.165) is 6.26 Å². The molecule has 0 fully saturated rings. The van der Waals surface area contributed by atoms with E-state index in [4.69, 9.17) is 15.2 Å². The number of ether oxygens (including phenoxy) is 2. The van der Waals surface area contributed by atoms with Crippen LogP contribution in [0.15, 0.2) is 42.5 Å². The zero-order valence-corrected chi connectivity index (χ0v) is 17.8. The van der Waals surface area contributed by atoms with Crippen LogP contribution in [0.3, 0.4) is 0 Å². The van der Waals surface area contributed by atoms with Crippen molar-refractivity contribution in [1.82, 2.24) is 4.90 Å². The molecule has 0 saturated carbocycles. The molecule has 2 aromatic rings. The number of fused-ring (bicyclic) bond motifs is 1. The highest BCUT2D eigenvalue weighted by Crippen LogP contribution is 2.42. The third-order valence-corrected chi connectivity index (χ3v) is 5.86. The van der Waals surface area contributed by atoms with Crippen LogP contribution in [0.1, 0.15) is 40.5 Å². The highest BCUT2D eigenvalue weighted by atomic mass is 32.2. The topological polar surface area (TPSA) is 116 Å². The summed E-state index contributed by atoms with van der Waals surface area (Å²) in [5.74, 6) is -0.673. The van der Waals surface area contributed by atoms with Gasteiger partial charge in [0.2, 0.25) is 5.91 Å². The number of benzene rings is 2. The molecular weight excluding hydrogens is 408 g/mol. The van der Waals surface area contributed by atoms with E-state index in [1.54, 1.807) is 42.5 Å². The molecule has 0 radical (unpaired) electrons. The number of nitrogens with zero attached hydrogens (tertiary/aromatic N) is 1. The van der Waals surface area contributed by atoms with E-state index in [2.05, 4.69) is 0 Å². The second-order valence-electron chi connectivity index (χ2n) is 7.06. The predicted octanol–water partition coefficient (Wildman–Crippen LogP) is 1.86. The number of hydrogen-bond acceptors (Lipinski definition) is 6. The summed E-state index contributed by atoms with van der Waals surface area (Å²) < 4.78 is 35.4. The number of rotatable bonds is 8. The molecular formula is C21H24N2O6S. The monoisotopic (exact) mass is 432 g/mol. The van der Waals surface area contributed by atoms with Crippen LogP contribution >= 0.6 is 0 Å². The Balaban J connectivity index is 2.17. The maximum atomic E-state index is 13.2. The maximum absolute atomic E-state index is 13.2. The molecule has 1 unspecified atom stereocenters. The molecule has 0 aromatic heterocycles. The van der Waals surface area contributed by atoms with Crippen LogP contribution < -0.4 is 15.2 Å². The van der Waals surface area contributed by atoms with Crippen molar-refractivity contribution in [1.29, 1.82) is 0 Å². The summed E-state index contributed by atoms with van der Waals surface area (Å²) in [4.78, 5) is 26.8. The van der Waals surface area contributed by atoms with Gasteiger partial charge < -0.3 is 20.1 Å². The van der Waals surface area contributed by atoms with E-state index >= 15 is 0 Å². The van der Waals surface area contributed by atoms with Crippen molar-refractivity contribution in [3.05, 3.63) is 59.2 Å². The van der Waals surface area contributed by atoms with Crippen molar-refractivity contribution in [2.24, 2.45) is 5.73 Å². The van der Waals surface area contributed by atoms with Gasteiger partial charge in [0, 0.05) is 11.8 Å². The minimum atomic E-state index is -3.53. The van der Waals surface area contributed by atoms with E-state index in [9.17, 15) is 18.0 Å². The van der Waals surface area contributed by atoms with Gasteiger partial charge in [0.05, 0.1) is 25.5 Å². The van der Waals surface area contributed by atoms with Gasteiger partial charge in [0.25, 0.3) is 5.91 Å². The lowest BCUT2D eigenvalue weighted by Crippen LogP contribution is -2.41. The van der Waals surface area contributed by atoms with Gasteiger partial charge in [-0.2, -0.15) is 0 Å². The third-order valence-electron chi connectivity index (χ3n) is 4.94. The first-order valence-electron chi connectivity index (χ1n) is 9.37. The van der Waals surface area contributed by atoms with Crippen LogP contribution in [0.25, 0.3) is 0 Å². The molecule has 1 aliphatic heterocycles. The maximum Gasteiger partial charge on any atom is 0.255 e. The number of nitrogens with two attached hydrogens (primary N) is 1. The molecule has 0 spiro atoms. The van der Waals surface area contributed by atoms with E-state index in [1.807, 2.05) is 6.92 Å².